The fourth-order valence-electron chi connectivity index (χ4n) is 5.37. The molecule has 1 amide bonds. The number of aliphatic hydroxyl groups excluding tert-OH is 1. The van der Waals surface area contributed by atoms with Crippen LogP contribution in [0, 0.1) is 5.92 Å². The average Bonchev–Trinajstić information content (AvgIpc) is 3.41. The smallest absolute Gasteiger partial charge is 0.295 e. The molecular formula is C32H42N2O5. The molecule has 1 fully saturated rings. The van der Waals surface area contributed by atoms with Crippen molar-refractivity contribution in [3.05, 3.63) is 64.7 Å². The van der Waals surface area contributed by atoms with Crippen LogP contribution < -0.4 is 9.47 Å². The van der Waals surface area contributed by atoms with Crippen molar-refractivity contribution in [3.8, 4) is 11.5 Å². The van der Waals surface area contributed by atoms with E-state index in [1.54, 1.807) is 11.0 Å². The zero-order valence-electron chi connectivity index (χ0n) is 23.9. The number of hydrogen-bond donors (Lipinski definition) is 1. The molecule has 1 saturated heterocycles. The number of aliphatic hydroxyl groups is 1. The van der Waals surface area contributed by atoms with E-state index in [1.165, 1.54) is 0 Å². The molecule has 0 bridgehead atoms. The maximum atomic E-state index is 13.5. The maximum absolute atomic E-state index is 13.5. The summed E-state index contributed by atoms with van der Waals surface area (Å²) in [7, 11) is 0. The number of fused-ring (bicyclic) bond motifs is 1. The van der Waals surface area contributed by atoms with E-state index in [2.05, 4.69) is 32.6 Å². The normalized spacial score (nSPS) is 20.1. The highest BCUT2D eigenvalue weighted by atomic mass is 16.5. The summed E-state index contributed by atoms with van der Waals surface area (Å²) >= 11 is 0. The van der Waals surface area contributed by atoms with Gasteiger partial charge in [0.2, 0.25) is 0 Å². The van der Waals surface area contributed by atoms with Crippen LogP contribution in [0.15, 0.2) is 48.0 Å². The third kappa shape index (κ3) is 6.47. The number of carbonyl (C=O) groups excluding carboxylic acids is 2. The molecule has 0 radical (unpaired) electrons. The number of nitrogens with zero attached hydrogens (tertiary/aromatic N) is 2. The Balaban J connectivity index is 1.71. The number of ketones is 1. The Labute approximate surface area is 232 Å². The second kappa shape index (κ2) is 12.7. The van der Waals surface area contributed by atoms with Gasteiger partial charge in [-0.3, -0.25) is 9.59 Å². The highest BCUT2D eigenvalue weighted by Crippen LogP contribution is 2.41. The zero-order chi connectivity index (χ0) is 28.1. The summed E-state index contributed by atoms with van der Waals surface area (Å²) in [4.78, 5) is 30.8. The fourth-order valence-corrected chi connectivity index (χ4v) is 5.37. The molecule has 4 rings (SSSR count). The van der Waals surface area contributed by atoms with Crippen molar-refractivity contribution in [1.29, 1.82) is 0 Å². The van der Waals surface area contributed by atoms with Crippen LogP contribution >= 0.6 is 0 Å². The lowest BCUT2D eigenvalue weighted by Crippen LogP contribution is -2.33. The van der Waals surface area contributed by atoms with E-state index in [1.807, 2.05) is 43.3 Å². The molecule has 2 aromatic carbocycles. The SMILES string of the molecule is CCN(CC)CCCN1C(=O)C(=O)/C(=C(/O)c2ccc3c(c2)C[C@H](C)O3)[C@H]1c1cccc(OCCC(C)C)c1. The second-order valence-electron chi connectivity index (χ2n) is 10.9. The Bertz CT molecular complexity index is 1220. The van der Waals surface area contributed by atoms with E-state index < -0.39 is 17.7 Å². The second-order valence-corrected chi connectivity index (χ2v) is 10.9. The van der Waals surface area contributed by atoms with E-state index in [0.717, 1.165) is 55.8 Å². The topological polar surface area (TPSA) is 79.3 Å². The predicted molar refractivity (Wildman–Crippen MR) is 153 cm³/mol. The Hall–Kier alpha value is -3.32. The van der Waals surface area contributed by atoms with Crippen LogP contribution in [0.3, 0.4) is 0 Å². The highest BCUT2D eigenvalue weighted by molar-refractivity contribution is 6.46. The standard InChI is InChI=1S/C32H42N2O5/c1-6-33(7-2)15-9-16-34-29(23-10-8-11-26(20-23)38-17-14-21(3)4)28(31(36)32(34)37)30(35)24-12-13-27-25(19-24)18-22(5)39-27/h8,10-13,19-22,29,35H,6-7,9,14-18H2,1-5H3/b30-28+/t22-,29+/m0/s1. The lowest BCUT2D eigenvalue weighted by Gasteiger charge is -2.27. The lowest BCUT2D eigenvalue weighted by atomic mass is 9.94. The molecule has 0 unspecified atom stereocenters. The quantitative estimate of drug-likeness (QED) is 0.217. The number of carbonyl (C=O) groups is 2. The summed E-state index contributed by atoms with van der Waals surface area (Å²) in [5.41, 5.74) is 2.37. The van der Waals surface area contributed by atoms with Crippen molar-refractivity contribution in [3.63, 3.8) is 0 Å². The van der Waals surface area contributed by atoms with Gasteiger partial charge in [0.25, 0.3) is 11.7 Å². The van der Waals surface area contributed by atoms with Crippen LogP contribution in [0.2, 0.25) is 0 Å². The van der Waals surface area contributed by atoms with E-state index in [9.17, 15) is 14.7 Å². The minimum atomic E-state index is -0.696. The molecule has 210 valence electrons. The van der Waals surface area contributed by atoms with Gasteiger partial charge >= 0.3 is 0 Å². The molecule has 2 atom stereocenters. The zero-order valence-corrected chi connectivity index (χ0v) is 23.9. The van der Waals surface area contributed by atoms with E-state index in [-0.39, 0.29) is 17.4 Å². The number of likely N-dealkylation sites (tertiary alicyclic amines) is 1. The summed E-state index contributed by atoms with van der Waals surface area (Å²) in [5.74, 6) is 0.607. The first kappa shape index (κ1) is 28.7. The third-order valence-corrected chi connectivity index (χ3v) is 7.61. The molecule has 0 aromatic heterocycles. The third-order valence-electron chi connectivity index (χ3n) is 7.61. The predicted octanol–water partition coefficient (Wildman–Crippen LogP) is 5.59. The van der Waals surface area contributed by atoms with Crippen molar-refractivity contribution in [2.45, 2.75) is 66.0 Å². The molecule has 7 nitrogen and oxygen atoms in total. The number of benzene rings is 2. The molecule has 2 aromatic rings. The highest BCUT2D eigenvalue weighted by Gasteiger charge is 2.46. The van der Waals surface area contributed by atoms with Gasteiger partial charge in [0.1, 0.15) is 23.4 Å². The van der Waals surface area contributed by atoms with Crippen LogP contribution in [0.5, 0.6) is 11.5 Å². The Morgan fingerprint density at radius 1 is 1.15 bits per heavy atom. The molecular weight excluding hydrogens is 492 g/mol. The minimum absolute atomic E-state index is 0.0622. The number of rotatable bonds is 12. The van der Waals surface area contributed by atoms with Crippen molar-refractivity contribution >= 4 is 17.4 Å². The van der Waals surface area contributed by atoms with Gasteiger partial charge in [0.15, 0.2) is 0 Å². The van der Waals surface area contributed by atoms with Crippen LogP contribution in [0.1, 0.15) is 70.2 Å². The molecule has 39 heavy (non-hydrogen) atoms. The molecule has 7 heteroatoms. The summed E-state index contributed by atoms with van der Waals surface area (Å²) in [5, 5.41) is 11.5. The van der Waals surface area contributed by atoms with Crippen LogP contribution in [0.4, 0.5) is 0 Å². The van der Waals surface area contributed by atoms with Gasteiger partial charge in [0, 0.05) is 18.5 Å². The van der Waals surface area contributed by atoms with Crippen molar-refractivity contribution in [2.24, 2.45) is 5.92 Å². The Morgan fingerprint density at radius 3 is 2.64 bits per heavy atom. The molecule has 2 heterocycles. The van der Waals surface area contributed by atoms with Gasteiger partial charge in [-0.15, -0.1) is 0 Å². The van der Waals surface area contributed by atoms with E-state index in [0.29, 0.717) is 30.4 Å². The van der Waals surface area contributed by atoms with Gasteiger partial charge in [-0.25, -0.2) is 0 Å². The van der Waals surface area contributed by atoms with Gasteiger partial charge in [-0.05, 0) is 86.8 Å². The molecule has 2 aliphatic heterocycles. The van der Waals surface area contributed by atoms with Crippen LogP contribution in [-0.4, -0.2) is 65.5 Å². The molecule has 1 N–H and O–H groups in total. The molecule has 0 spiro atoms. The summed E-state index contributed by atoms with van der Waals surface area (Å²) in [6, 6.07) is 12.3. The number of Topliss-reactive ketones (excluding diaryl/α,β-unsaturated/α-hetero) is 1. The van der Waals surface area contributed by atoms with Crippen molar-refractivity contribution in [1.82, 2.24) is 9.80 Å². The number of hydrogen-bond acceptors (Lipinski definition) is 6. The van der Waals surface area contributed by atoms with Gasteiger partial charge < -0.3 is 24.4 Å². The molecule has 0 saturated carbocycles. The summed E-state index contributed by atoms with van der Waals surface area (Å²) < 4.78 is 11.8. The van der Waals surface area contributed by atoms with Crippen LogP contribution in [0.25, 0.3) is 5.76 Å². The van der Waals surface area contributed by atoms with Gasteiger partial charge in [-0.2, -0.15) is 0 Å². The van der Waals surface area contributed by atoms with Gasteiger partial charge in [-0.1, -0.05) is 39.8 Å². The first-order valence-corrected chi connectivity index (χ1v) is 14.3. The Morgan fingerprint density at radius 2 is 1.92 bits per heavy atom. The first-order valence-electron chi connectivity index (χ1n) is 14.3. The van der Waals surface area contributed by atoms with E-state index in [4.69, 9.17) is 9.47 Å². The average molecular weight is 535 g/mol. The monoisotopic (exact) mass is 534 g/mol. The van der Waals surface area contributed by atoms with Gasteiger partial charge in [0.05, 0.1) is 18.2 Å². The van der Waals surface area contributed by atoms with Crippen molar-refractivity contribution in [2.75, 3.05) is 32.8 Å². The first-order chi connectivity index (χ1) is 18.7. The van der Waals surface area contributed by atoms with E-state index >= 15 is 0 Å². The molecule has 0 aliphatic carbocycles. The minimum Gasteiger partial charge on any atom is -0.507 e. The molecule has 2 aliphatic rings. The maximum Gasteiger partial charge on any atom is 0.295 e. The van der Waals surface area contributed by atoms with Crippen LogP contribution in [-0.2, 0) is 16.0 Å². The fraction of sp³-hybridized carbons (Fsp3) is 0.500. The summed E-state index contributed by atoms with van der Waals surface area (Å²) in [6.45, 7) is 14.2. The number of ether oxygens (including phenoxy) is 2. The Kier molecular flexibility index (Phi) is 9.33. The lowest BCUT2D eigenvalue weighted by molar-refractivity contribution is -0.140. The van der Waals surface area contributed by atoms with Crippen molar-refractivity contribution < 1.29 is 24.2 Å². The number of amides is 1. The largest absolute Gasteiger partial charge is 0.507 e. The summed E-state index contributed by atoms with van der Waals surface area (Å²) in [6.07, 6.45) is 2.45.